The molecular formula is C16H17F4NO2. The summed E-state index contributed by atoms with van der Waals surface area (Å²) in [6.45, 7) is -0.499. The molecule has 1 N–H and O–H groups in total. The van der Waals surface area contributed by atoms with E-state index in [9.17, 15) is 22.4 Å². The van der Waals surface area contributed by atoms with E-state index < -0.39 is 29.8 Å². The summed E-state index contributed by atoms with van der Waals surface area (Å²) in [7, 11) is 0. The Bertz CT molecular complexity index is 617. The van der Waals surface area contributed by atoms with Crippen molar-refractivity contribution in [2.24, 2.45) is 11.8 Å². The lowest BCUT2D eigenvalue weighted by Gasteiger charge is -2.33. The number of halogens is 4. The average Bonchev–Trinajstić information content (AvgIpc) is 2.92. The summed E-state index contributed by atoms with van der Waals surface area (Å²) in [5.74, 6) is -5.19. The molecule has 23 heavy (non-hydrogen) atoms. The van der Waals surface area contributed by atoms with Gasteiger partial charge >= 0.3 is 12.1 Å². The number of carboxylic acid groups (broad SMARTS) is 1. The Hall–Kier alpha value is -1.63. The minimum atomic E-state index is -4.54. The maximum atomic E-state index is 13.5. The highest BCUT2D eigenvalue weighted by Gasteiger charge is 2.53. The van der Waals surface area contributed by atoms with Gasteiger partial charge in [0.1, 0.15) is 5.82 Å². The Morgan fingerprint density at radius 3 is 2.61 bits per heavy atom. The van der Waals surface area contributed by atoms with Crippen molar-refractivity contribution in [1.82, 2.24) is 4.90 Å². The molecule has 0 aromatic heterocycles. The fourth-order valence-corrected chi connectivity index (χ4v) is 3.79. The lowest BCUT2D eigenvalue weighted by atomic mass is 9.87. The maximum absolute atomic E-state index is 13.5. The van der Waals surface area contributed by atoms with Crippen LogP contribution in [0.2, 0.25) is 0 Å². The number of nitrogens with zero attached hydrogens (tertiary/aromatic N) is 1. The predicted molar refractivity (Wildman–Crippen MR) is 74.3 cm³/mol. The van der Waals surface area contributed by atoms with Gasteiger partial charge in [-0.25, -0.2) is 4.39 Å². The highest BCUT2D eigenvalue weighted by Crippen LogP contribution is 2.43. The van der Waals surface area contributed by atoms with Crippen molar-refractivity contribution >= 4 is 5.97 Å². The number of carbonyl (C=O) groups is 1. The molecule has 126 valence electrons. The van der Waals surface area contributed by atoms with Crippen LogP contribution >= 0.6 is 0 Å². The average molecular weight is 331 g/mol. The quantitative estimate of drug-likeness (QED) is 0.845. The molecule has 1 saturated heterocycles. The van der Waals surface area contributed by atoms with Crippen LogP contribution in [0.25, 0.3) is 0 Å². The first-order valence-corrected chi connectivity index (χ1v) is 7.59. The van der Waals surface area contributed by atoms with Crippen molar-refractivity contribution in [2.75, 3.05) is 13.1 Å². The van der Waals surface area contributed by atoms with E-state index in [1.165, 1.54) is 12.1 Å². The Morgan fingerprint density at radius 1 is 1.26 bits per heavy atom. The Kier molecular flexibility index (Phi) is 4.08. The number of rotatable bonds is 2. The summed E-state index contributed by atoms with van der Waals surface area (Å²) < 4.78 is 52.9. The number of likely N-dealkylation sites (tertiary alicyclic amines) is 1. The number of hydrogen-bond acceptors (Lipinski definition) is 2. The fraction of sp³-hybridized carbons (Fsp3) is 0.562. The number of alkyl halides is 3. The first-order valence-electron chi connectivity index (χ1n) is 7.59. The molecule has 1 heterocycles. The van der Waals surface area contributed by atoms with Crippen LogP contribution in [0.3, 0.4) is 0 Å². The molecule has 0 spiro atoms. The Balaban J connectivity index is 1.89. The van der Waals surface area contributed by atoms with Crippen LogP contribution in [-0.2, 0) is 11.2 Å². The number of fused-ring (bicyclic) bond motifs is 1. The summed E-state index contributed by atoms with van der Waals surface area (Å²) in [6, 6.07) is 4.05. The maximum Gasteiger partial charge on any atom is 0.393 e. The zero-order valence-corrected chi connectivity index (χ0v) is 12.3. The molecule has 1 aliphatic heterocycles. The van der Waals surface area contributed by atoms with E-state index in [1.807, 2.05) is 0 Å². The molecule has 1 aromatic carbocycles. The molecular weight excluding hydrogens is 314 g/mol. The van der Waals surface area contributed by atoms with E-state index >= 15 is 0 Å². The standard InChI is InChI=1S/C16H17F4NO2/c17-10-5-4-9-2-1-3-14(11(9)6-10)21-7-12(15(22)23)13(8-21)16(18,19)20/h4-6,12-14H,1-3,7-8H2,(H,22,23)/t12-,13-,14?/m1/s1. The second kappa shape index (κ2) is 5.78. The molecule has 1 fully saturated rings. The van der Waals surface area contributed by atoms with E-state index in [2.05, 4.69) is 0 Å². The fourth-order valence-electron chi connectivity index (χ4n) is 3.79. The molecule has 1 unspecified atom stereocenters. The zero-order chi connectivity index (χ0) is 16.8. The summed E-state index contributed by atoms with van der Waals surface area (Å²) >= 11 is 0. The van der Waals surface area contributed by atoms with Gasteiger partial charge in [-0.05, 0) is 42.5 Å². The van der Waals surface area contributed by atoms with Crippen molar-refractivity contribution < 1.29 is 27.5 Å². The van der Waals surface area contributed by atoms with Gasteiger partial charge < -0.3 is 5.11 Å². The van der Waals surface area contributed by atoms with Crippen LogP contribution in [0.5, 0.6) is 0 Å². The van der Waals surface area contributed by atoms with Crippen molar-refractivity contribution in [3.05, 3.63) is 35.1 Å². The lowest BCUT2D eigenvalue weighted by Crippen LogP contribution is -2.34. The topological polar surface area (TPSA) is 40.5 Å². The number of aliphatic carboxylic acids is 1. The largest absolute Gasteiger partial charge is 0.481 e. The van der Waals surface area contributed by atoms with Crippen LogP contribution in [0, 0.1) is 17.7 Å². The van der Waals surface area contributed by atoms with Crippen molar-refractivity contribution in [1.29, 1.82) is 0 Å². The third kappa shape index (κ3) is 3.06. The first-order chi connectivity index (χ1) is 10.8. The van der Waals surface area contributed by atoms with Crippen LogP contribution in [0.4, 0.5) is 17.6 Å². The van der Waals surface area contributed by atoms with Crippen molar-refractivity contribution in [3.63, 3.8) is 0 Å². The van der Waals surface area contributed by atoms with E-state index in [-0.39, 0.29) is 19.1 Å². The van der Waals surface area contributed by atoms with Gasteiger partial charge in [0.15, 0.2) is 0 Å². The van der Waals surface area contributed by atoms with Gasteiger partial charge in [0.05, 0.1) is 11.8 Å². The van der Waals surface area contributed by atoms with E-state index in [0.29, 0.717) is 12.0 Å². The summed E-state index contributed by atoms with van der Waals surface area (Å²) in [4.78, 5) is 12.8. The minimum absolute atomic E-state index is 0.153. The molecule has 0 bridgehead atoms. The van der Waals surface area contributed by atoms with E-state index in [0.717, 1.165) is 18.4 Å². The summed E-state index contributed by atoms with van der Waals surface area (Å²) in [5, 5.41) is 9.12. The third-order valence-electron chi connectivity index (χ3n) is 4.92. The third-order valence-corrected chi connectivity index (χ3v) is 4.92. The van der Waals surface area contributed by atoms with Crippen LogP contribution in [-0.4, -0.2) is 35.2 Å². The molecule has 2 aliphatic rings. The number of aryl methyl sites for hydroxylation is 1. The minimum Gasteiger partial charge on any atom is -0.481 e. The normalized spacial score (nSPS) is 28.6. The molecule has 0 radical (unpaired) electrons. The van der Waals surface area contributed by atoms with E-state index in [4.69, 9.17) is 5.11 Å². The molecule has 3 nitrogen and oxygen atoms in total. The molecule has 0 amide bonds. The SMILES string of the molecule is O=C(O)[C@@H]1CN(C2CCCc3ccc(F)cc32)C[C@H]1C(F)(F)F. The molecule has 1 aliphatic carbocycles. The van der Waals surface area contributed by atoms with Gasteiger partial charge in [-0.2, -0.15) is 13.2 Å². The molecule has 0 saturated carbocycles. The second-order valence-corrected chi connectivity index (χ2v) is 6.30. The number of benzene rings is 1. The zero-order valence-electron chi connectivity index (χ0n) is 12.3. The number of hydrogen-bond donors (Lipinski definition) is 1. The highest BCUT2D eigenvalue weighted by molar-refractivity contribution is 5.71. The monoisotopic (exact) mass is 331 g/mol. The first kappa shape index (κ1) is 16.2. The van der Waals surface area contributed by atoms with Gasteiger partial charge in [0, 0.05) is 19.1 Å². The summed E-state index contributed by atoms with van der Waals surface area (Å²) in [5.41, 5.74) is 1.63. The Morgan fingerprint density at radius 2 is 2.00 bits per heavy atom. The predicted octanol–water partition coefficient (Wildman–Crippen LogP) is 3.40. The van der Waals surface area contributed by atoms with Gasteiger partial charge in [0.25, 0.3) is 0 Å². The number of carboxylic acids is 1. The van der Waals surface area contributed by atoms with E-state index in [1.54, 1.807) is 11.0 Å². The van der Waals surface area contributed by atoms with Crippen LogP contribution in [0.1, 0.15) is 30.0 Å². The van der Waals surface area contributed by atoms with Crippen molar-refractivity contribution in [3.8, 4) is 0 Å². The summed E-state index contributed by atoms with van der Waals surface area (Å²) in [6.07, 6.45) is -2.36. The molecule has 7 heteroatoms. The lowest BCUT2D eigenvalue weighted by molar-refractivity contribution is -0.188. The second-order valence-electron chi connectivity index (χ2n) is 6.30. The van der Waals surface area contributed by atoms with Gasteiger partial charge in [-0.1, -0.05) is 6.07 Å². The van der Waals surface area contributed by atoms with Crippen LogP contribution in [0.15, 0.2) is 18.2 Å². The van der Waals surface area contributed by atoms with Crippen molar-refractivity contribution in [2.45, 2.75) is 31.5 Å². The van der Waals surface area contributed by atoms with Gasteiger partial charge in [-0.15, -0.1) is 0 Å². The van der Waals surface area contributed by atoms with Crippen LogP contribution < -0.4 is 0 Å². The van der Waals surface area contributed by atoms with Gasteiger partial charge in [0.2, 0.25) is 0 Å². The molecule has 1 aromatic rings. The van der Waals surface area contributed by atoms with Gasteiger partial charge in [-0.3, -0.25) is 9.69 Å². The molecule has 3 atom stereocenters. The smallest absolute Gasteiger partial charge is 0.393 e. The Labute approximate surface area is 130 Å². The highest BCUT2D eigenvalue weighted by atomic mass is 19.4. The molecule has 3 rings (SSSR count).